The predicted octanol–water partition coefficient (Wildman–Crippen LogP) is 2.21. The first-order chi connectivity index (χ1) is 10.3. The van der Waals surface area contributed by atoms with Gasteiger partial charge in [0, 0.05) is 0 Å². The summed E-state index contributed by atoms with van der Waals surface area (Å²) in [4.78, 5) is 4.40. The summed E-state index contributed by atoms with van der Waals surface area (Å²) in [6, 6.07) is 7.50. The molecule has 21 heavy (non-hydrogen) atoms. The van der Waals surface area contributed by atoms with E-state index in [9.17, 15) is 5.11 Å². The number of rotatable bonds is 2. The molecule has 1 fully saturated rings. The summed E-state index contributed by atoms with van der Waals surface area (Å²) < 4.78 is 16.8. The second-order valence-corrected chi connectivity index (χ2v) is 5.46. The Labute approximate surface area is 121 Å². The van der Waals surface area contributed by atoms with Crippen LogP contribution in [0.5, 0.6) is 11.5 Å². The largest absolute Gasteiger partial charge is 0.485 e. The minimum Gasteiger partial charge on any atom is -0.485 e. The van der Waals surface area contributed by atoms with Gasteiger partial charge in [0.1, 0.15) is 6.61 Å². The number of benzene rings is 1. The van der Waals surface area contributed by atoms with Crippen LogP contribution in [0.15, 0.2) is 28.8 Å². The van der Waals surface area contributed by atoms with E-state index in [0.717, 1.165) is 25.0 Å². The van der Waals surface area contributed by atoms with Crippen LogP contribution in [-0.4, -0.2) is 28.0 Å². The van der Waals surface area contributed by atoms with Gasteiger partial charge in [-0.05, 0) is 31.4 Å². The van der Waals surface area contributed by atoms with E-state index in [1.807, 2.05) is 24.3 Å². The summed E-state index contributed by atoms with van der Waals surface area (Å²) in [7, 11) is 0. The molecule has 1 saturated carbocycles. The van der Waals surface area contributed by atoms with E-state index in [0.29, 0.717) is 24.1 Å². The van der Waals surface area contributed by atoms with Crippen LogP contribution in [0, 0.1) is 0 Å². The highest BCUT2D eigenvalue weighted by Gasteiger charge is 2.33. The van der Waals surface area contributed by atoms with Crippen molar-refractivity contribution in [2.24, 2.45) is 0 Å². The first-order valence-corrected chi connectivity index (χ1v) is 7.21. The number of hydrogen-bond donors (Lipinski definition) is 1. The fourth-order valence-corrected chi connectivity index (χ4v) is 2.90. The van der Waals surface area contributed by atoms with Crippen LogP contribution < -0.4 is 9.47 Å². The molecule has 0 radical (unpaired) electrons. The summed E-state index contributed by atoms with van der Waals surface area (Å²) in [6.45, 7) is 0.350. The molecule has 1 aromatic heterocycles. The van der Waals surface area contributed by atoms with Crippen molar-refractivity contribution in [1.82, 2.24) is 10.1 Å². The van der Waals surface area contributed by atoms with Gasteiger partial charge in [0.05, 0.1) is 12.0 Å². The van der Waals surface area contributed by atoms with E-state index in [1.165, 1.54) is 0 Å². The SMILES string of the molecule is OC1CCCC1c1nc(C2COc3ccccc3O2)no1. The molecule has 6 heteroatoms. The molecule has 3 unspecified atom stereocenters. The average molecular weight is 288 g/mol. The summed E-state index contributed by atoms with van der Waals surface area (Å²) in [5.41, 5.74) is 0. The van der Waals surface area contributed by atoms with Crippen molar-refractivity contribution in [3.8, 4) is 11.5 Å². The van der Waals surface area contributed by atoms with Gasteiger partial charge in [0.15, 0.2) is 17.6 Å². The normalized spacial score (nSPS) is 27.8. The highest BCUT2D eigenvalue weighted by atomic mass is 16.6. The number of nitrogens with zero attached hydrogens (tertiary/aromatic N) is 2. The lowest BCUT2D eigenvalue weighted by Gasteiger charge is -2.24. The summed E-state index contributed by atoms with van der Waals surface area (Å²) >= 11 is 0. The van der Waals surface area contributed by atoms with Crippen LogP contribution >= 0.6 is 0 Å². The lowest BCUT2D eigenvalue weighted by Crippen LogP contribution is -2.22. The first-order valence-electron chi connectivity index (χ1n) is 7.21. The number of aliphatic hydroxyl groups excluding tert-OH is 1. The van der Waals surface area contributed by atoms with Gasteiger partial charge in [-0.15, -0.1) is 0 Å². The van der Waals surface area contributed by atoms with Crippen molar-refractivity contribution < 1.29 is 19.1 Å². The molecule has 0 amide bonds. The van der Waals surface area contributed by atoms with E-state index in [2.05, 4.69) is 10.1 Å². The maximum Gasteiger partial charge on any atom is 0.232 e. The van der Waals surface area contributed by atoms with Crippen LogP contribution in [0.4, 0.5) is 0 Å². The van der Waals surface area contributed by atoms with Crippen molar-refractivity contribution >= 4 is 0 Å². The summed E-state index contributed by atoms with van der Waals surface area (Å²) in [5, 5.41) is 13.9. The van der Waals surface area contributed by atoms with Crippen LogP contribution in [-0.2, 0) is 0 Å². The molecule has 3 atom stereocenters. The Morgan fingerprint density at radius 2 is 2.00 bits per heavy atom. The second-order valence-electron chi connectivity index (χ2n) is 5.46. The van der Waals surface area contributed by atoms with Crippen molar-refractivity contribution in [3.05, 3.63) is 36.0 Å². The Morgan fingerprint density at radius 1 is 1.14 bits per heavy atom. The van der Waals surface area contributed by atoms with Gasteiger partial charge in [0.2, 0.25) is 11.7 Å². The molecule has 2 aliphatic rings. The topological polar surface area (TPSA) is 77.6 Å². The molecule has 6 nitrogen and oxygen atoms in total. The third-order valence-electron chi connectivity index (χ3n) is 4.05. The standard InChI is InChI=1S/C15H16N2O4/c18-10-5-3-4-9(10)15-16-14(17-21-15)13-8-19-11-6-1-2-7-12(11)20-13/h1-2,6-7,9-10,13,18H,3-5,8H2. The van der Waals surface area contributed by atoms with Crippen molar-refractivity contribution in [2.75, 3.05) is 6.61 Å². The Morgan fingerprint density at radius 3 is 2.81 bits per heavy atom. The molecule has 1 aromatic carbocycles. The monoisotopic (exact) mass is 288 g/mol. The Bertz CT molecular complexity index is 642. The van der Waals surface area contributed by atoms with Crippen molar-refractivity contribution in [1.29, 1.82) is 0 Å². The Balaban J connectivity index is 1.54. The number of aliphatic hydroxyl groups is 1. The predicted molar refractivity (Wildman–Crippen MR) is 72.2 cm³/mol. The maximum absolute atomic E-state index is 9.91. The lowest BCUT2D eigenvalue weighted by atomic mass is 10.1. The zero-order valence-corrected chi connectivity index (χ0v) is 11.4. The smallest absolute Gasteiger partial charge is 0.232 e. The highest BCUT2D eigenvalue weighted by molar-refractivity contribution is 5.40. The maximum atomic E-state index is 9.91. The van der Waals surface area contributed by atoms with Gasteiger partial charge in [-0.1, -0.05) is 17.3 Å². The van der Waals surface area contributed by atoms with Gasteiger partial charge in [-0.25, -0.2) is 0 Å². The summed E-state index contributed by atoms with van der Waals surface area (Å²) in [6.07, 6.45) is 1.89. The molecule has 110 valence electrons. The number of hydrogen-bond acceptors (Lipinski definition) is 6. The van der Waals surface area contributed by atoms with Crippen molar-refractivity contribution in [2.45, 2.75) is 37.4 Å². The minimum atomic E-state index is -0.387. The number of fused-ring (bicyclic) bond motifs is 1. The third-order valence-corrected chi connectivity index (χ3v) is 4.05. The van der Waals surface area contributed by atoms with Gasteiger partial charge >= 0.3 is 0 Å². The van der Waals surface area contributed by atoms with Gasteiger partial charge < -0.3 is 19.1 Å². The van der Waals surface area contributed by atoms with Crippen LogP contribution in [0.3, 0.4) is 0 Å². The van der Waals surface area contributed by atoms with E-state index >= 15 is 0 Å². The number of aromatic nitrogens is 2. The Hall–Kier alpha value is -2.08. The van der Waals surface area contributed by atoms with E-state index in [4.69, 9.17) is 14.0 Å². The molecule has 1 aliphatic carbocycles. The molecule has 2 heterocycles. The summed E-state index contributed by atoms with van der Waals surface area (Å²) in [5.74, 6) is 2.32. The average Bonchev–Trinajstić information content (AvgIpc) is 3.15. The quantitative estimate of drug-likeness (QED) is 0.913. The fourth-order valence-electron chi connectivity index (χ4n) is 2.90. The van der Waals surface area contributed by atoms with Crippen LogP contribution in [0.1, 0.15) is 43.0 Å². The highest BCUT2D eigenvalue weighted by Crippen LogP contribution is 2.37. The third kappa shape index (κ3) is 2.25. The van der Waals surface area contributed by atoms with E-state index < -0.39 is 0 Å². The molecule has 0 saturated heterocycles. The molecule has 2 aromatic rings. The number of ether oxygens (including phenoxy) is 2. The molecule has 0 bridgehead atoms. The number of para-hydroxylation sites is 2. The lowest BCUT2D eigenvalue weighted by molar-refractivity contribution is 0.0832. The molecule has 1 N–H and O–H groups in total. The molecule has 1 aliphatic heterocycles. The molecular formula is C15H16N2O4. The zero-order chi connectivity index (χ0) is 14.2. The molecular weight excluding hydrogens is 272 g/mol. The second kappa shape index (κ2) is 5.04. The van der Waals surface area contributed by atoms with E-state index in [-0.39, 0.29) is 18.1 Å². The van der Waals surface area contributed by atoms with E-state index in [1.54, 1.807) is 0 Å². The van der Waals surface area contributed by atoms with Crippen LogP contribution in [0.2, 0.25) is 0 Å². The van der Waals surface area contributed by atoms with Gasteiger partial charge in [-0.2, -0.15) is 4.98 Å². The molecule has 0 spiro atoms. The van der Waals surface area contributed by atoms with Crippen molar-refractivity contribution in [3.63, 3.8) is 0 Å². The molecule has 4 rings (SSSR count). The minimum absolute atomic E-state index is 0.0527. The Kier molecular flexibility index (Phi) is 3.03. The van der Waals surface area contributed by atoms with Gasteiger partial charge in [0.25, 0.3) is 0 Å². The fraction of sp³-hybridized carbons (Fsp3) is 0.467. The first kappa shape index (κ1) is 12.6. The van der Waals surface area contributed by atoms with Gasteiger partial charge in [-0.3, -0.25) is 0 Å². The van der Waals surface area contributed by atoms with Crippen LogP contribution in [0.25, 0.3) is 0 Å². The zero-order valence-electron chi connectivity index (χ0n) is 11.4.